The lowest BCUT2D eigenvalue weighted by molar-refractivity contribution is 0.172. The normalized spacial score (nSPS) is 8.35. The fourth-order valence-electron chi connectivity index (χ4n) is 0.933. The molecular formula is C14H27NO2. The zero-order valence-electron chi connectivity index (χ0n) is 12.1. The summed E-state index contributed by atoms with van der Waals surface area (Å²) in [6.07, 6.45) is 2.65. The third-order valence-electron chi connectivity index (χ3n) is 1.65. The molecule has 0 saturated carbocycles. The summed E-state index contributed by atoms with van der Waals surface area (Å²) in [6.45, 7) is 11.4. The highest BCUT2D eigenvalue weighted by Crippen LogP contribution is 2.08. The van der Waals surface area contributed by atoms with E-state index in [1.54, 1.807) is 13.3 Å². The first-order valence-electron chi connectivity index (χ1n) is 6.37. The average molecular weight is 241 g/mol. The Hall–Kier alpha value is -1.09. The molecule has 0 aliphatic heterocycles. The van der Waals surface area contributed by atoms with E-state index in [1.807, 2.05) is 46.8 Å². The van der Waals surface area contributed by atoms with Gasteiger partial charge < -0.3 is 9.47 Å². The molecule has 0 spiro atoms. The van der Waals surface area contributed by atoms with Crippen LogP contribution < -0.4 is 4.74 Å². The Morgan fingerprint density at radius 3 is 2.18 bits per heavy atom. The summed E-state index contributed by atoms with van der Waals surface area (Å²) in [5.41, 5.74) is 1.00. The van der Waals surface area contributed by atoms with Crippen LogP contribution in [0.3, 0.4) is 0 Å². The van der Waals surface area contributed by atoms with Crippen molar-refractivity contribution in [3.63, 3.8) is 0 Å². The van der Waals surface area contributed by atoms with Crippen LogP contribution in [0.2, 0.25) is 0 Å². The highest BCUT2D eigenvalue weighted by Gasteiger charge is 1.93. The Morgan fingerprint density at radius 1 is 1.06 bits per heavy atom. The fraction of sp³-hybridized carbons (Fsp3) is 0.643. The van der Waals surface area contributed by atoms with E-state index in [-0.39, 0.29) is 0 Å². The van der Waals surface area contributed by atoms with Gasteiger partial charge in [-0.15, -0.1) is 0 Å². The van der Waals surface area contributed by atoms with Crippen molar-refractivity contribution >= 4 is 0 Å². The molecule has 1 aromatic rings. The van der Waals surface area contributed by atoms with E-state index in [4.69, 9.17) is 9.47 Å². The van der Waals surface area contributed by atoms with Crippen LogP contribution in [-0.4, -0.2) is 25.3 Å². The molecule has 1 rings (SSSR count). The van der Waals surface area contributed by atoms with Crippen LogP contribution in [0.5, 0.6) is 5.75 Å². The van der Waals surface area contributed by atoms with Crippen LogP contribution in [-0.2, 0) is 4.74 Å². The molecule has 0 unspecified atom stereocenters. The molecule has 0 N–H and O–H groups in total. The van der Waals surface area contributed by atoms with Gasteiger partial charge in [-0.05, 0) is 19.1 Å². The zero-order valence-corrected chi connectivity index (χ0v) is 12.1. The van der Waals surface area contributed by atoms with E-state index in [1.165, 1.54) is 0 Å². The molecule has 17 heavy (non-hydrogen) atoms. The molecule has 0 radical (unpaired) electrons. The van der Waals surface area contributed by atoms with Gasteiger partial charge in [0.15, 0.2) is 0 Å². The van der Waals surface area contributed by atoms with E-state index in [9.17, 15) is 0 Å². The zero-order chi connectivity index (χ0) is 13.5. The minimum absolute atomic E-state index is 0.679. The molecule has 0 fully saturated rings. The molecule has 0 aromatic carbocycles. The van der Waals surface area contributed by atoms with Crippen LogP contribution in [0, 0.1) is 6.92 Å². The number of aromatic nitrogens is 1. The molecule has 0 atom stereocenters. The van der Waals surface area contributed by atoms with Crippen LogP contribution in [0.25, 0.3) is 0 Å². The predicted octanol–water partition coefficient (Wildman–Crippen LogP) is 3.86. The number of hydrogen-bond donors (Lipinski definition) is 0. The Morgan fingerprint density at radius 2 is 1.71 bits per heavy atom. The van der Waals surface area contributed by atoms with Gasteiger partial charge in [-0.25, -0.2) is 0 Å². The first-order valence-corrected chi connectivity index (χ1v) is 6.37. The van der Waals surface area contributed by atoms with E-state index >= 15 is 0 Å². The summed E-state index contributed by atoms with van der Waals surface area (Å²) < 4.78 is 10.3. The van der Waals surface area contributed by atoms with E-state index in [0.29, 0.717) is 6.61 Å². The Bertz CT molecular complexity index is 234. The average Bonchev–Trinajstić information content (AvgIpc) is 2.41. The Kier molecular flexibility index (Phi) is 16.0. The quantitative estimate of drug-likeness (QED) is 0.734. The molecule has 0 amide bonds. The minimum Gasteiger partial charge on any atom is -0.492 e. The second-order valence-corrected chi connectivity index (χ2v) is 2.83. The topological polar surface area (TPSA) is 31.4 Å². The summed E-state index contributed by atoms with van der Waals surface area (Å²) >= 11 is 0. The number of methoxy groups -OCH3 is 1. The number of nitrogens with zero attached hydrogens (tertiary/aromatic N) is 1. The molecule has 1 heterocycles. The Labute approximate surface area is 106 Å². The van der Waals surface area contributed by atoms with Crippen molar-refractivity contribution in [3.8, 4) is 5.75 Å². The monoisotopic (exact) mass is 241 g/mol. The maximum Gasteiger partial charge on any atom is 0.137 e. The highest BCUT2D eigenvalue weighted by molar-refractivity contribution is 5.18. The third-order valence-corrected chi connectivity index (χ3v) is 1.65. The summed E-state index contributed by atoms with van der Waals surface area (Å²) in [4.78, 5) is 4.12. The molecule has 0 bridgehead atoms. The maximum atomic E-state index is 5.42. The van der Waals surface area contributed by atoms with Crippen molar-refractivity contribution in [2.24, 2.45) is 0 Å². The van der Waals surface area contributed by atoms with Crippen molar-refractivity contribution < 1.29 is 9.47 Å². The van der Waals surface area contributed by atoms with Gasteiger partial charge in [-0.1, -0.05) is 27.7 Å². The van der Waals surface area contributed by atoms with Crippen molar-refractivity contribution in [2.75, 3.05) is 20.3 Å². The molecule has 100 valence electrons. The summed E-state index contributed by atoms with van der Waals surface area (Å²) in [5.74, 6) is 0.821. The lowest BCUT2D eigenvalue weighted by Gasteiger charge is -2.04. The smallest absolute Gasteiger partial charge is 0.137 e. The van der Waals surface area contributed by atoms with Crippen molar-refractivity contribution in [2.45, 2.75) is 41.0 Å². The number of aryl methyl sites for hydroxylation is 1. The third kappa shape index (κ3) is 11.2. The van der Waals surface area contributed by atoms with Gasteiger partial charge in [0.05, 0.1) is 12.8 Å². The van der Waals surface area contributed by atoms with Gasteiger partial charge in [0.2, 0.25) is 0 Å². The maximum absolute atomic E-state index is 5.42. The summed E-state index contributed by atoms with van der Waals surface area (Å²) in [5, 5.41) is 0. The molecule has 3 heteroatoms. The second-order valence-electron chi connectivity index (χ2n) is 2.83. The van der Waals surface area contributed by atoms with E-state index in [0.717, 1.165) is 24.5 Å². The molecule has 1 aromatic heterocycles. The first-order chi connectivity index (χ1) is 8.33. The SMILES string of the molecule is CC.CC.COCCCOc1ccc(C)nc1. The first kappa shape index (κ1) is 18.3. The molecular weight excluding hydrogens is 214 g/mol. The van der Waals surface area contributed by atoms with Gasteiger partial charge in [0.25, 0.3) is 0 Å². The highest BCUT2D eigenvalue weighted by atomic mass is 16.5. The summed E-state index contributed by atoms with van der Waals surface area (Å²) in [7, 11) is 1.69. The molecule has 3 nitrogen and oxygen atoms in total. The van der Waals surface area contributed by atoms with Gasteiger partial charge in [0.1, 0.15) is 5.75 Å². The molecule has 0 aliphatic rings. The van der Waals surface area contributed by atoms with Crippen LogP contribution in [0.1, 0.15) is 39.8 Å². The second kappa shape index (κ2) is 14.9. The van der Waals surface area contributed by atoms with Crippen molar-refractivity contribution in [1.29, 1.82) is 0 Å². The van der Waals surface area contributed by atoms with Crippen molar-refractivity contribution in [3.05, 3.63) is 24.0 Å². The number of hydrogen-bond acceptors (Lipinski definition) is 3. The fourth-order valence-corrected chi connectivity index (χ4v) is 0.933. The Balaban J connectivity index is 0. The number of ether oxygens (including phenoxy) is 2. The number of rotatable bonds is 5. The largest absolute Gasteiger partial charge is 0.492 e. The predicted molar refractivity (Wildman–Crippen MR) is 73.7 cm³/mol. The van der Waals surface area contributed by atoms with Crippen LogP contribution in [0.4, 0.5) is 0 Å². The van der Waals surface area contributed by atoms with Gasteiger partial charge in [0, 0.05) is 25.8 Å². The molecule has 0 aliphatic carbocycles. The van der Waals surface area contributed by atoms with E-state index in [2.05, 4.69) is 4.98 Å². The lowest BCUT2D eigenvalue weighted by Crippen LogP contribution is -2.01. The van der Waals surface area contributed by atoms with E-state index < -0.39 is 0 Å². The van der Waals surface area contributed by atoms with Crippen LogP contribution in [0.15, 0.2) is 18.3 Å². The molecule has 0 saturated heterocycles. The summed E-state index contributed by atoms with van der Waals surface area (Å²) in [6, 6.07) is 3.86. The van der Waals surface area contributed by atoms with Crippen LogP contribution >= 0.6 is 0 Å². The standard InChI is InChI=1S/C10H15NO2.2C2H6/c1-9-4-5-10(8-11-9)13-7-3-6-12-2;2*1-2/h4-5,8H,3,6-7H2,1-2H3;2*1-2H3. The number of pyridine rings is 1. The minimum atomic E-state index is 0.679. The van der Waals surface area contributed by atoms with Gasteiger partial charge in [-0.2, -0.15) is 0 Å². The van der Waals surface area contributed by atoms with Gasteiger partial charge in [-0.3, -0.25) is 4.98 Å². The lowest BCUT2D eigenvalue weighted by atomic mass is 10.4. The van der Waals surface area contributed by atoms with Gasteiger partial charge >= 0.3 is 0 Å². The van der Waals surface area contributed by atoms with Crippen molar-refractivity contribution in [1.82, 2.24) is 4.98 Å².